The third-order valence-corrected chi connectivity index (χ3v) is 6.26. The van der Waals surface area contributed by atoms with Crippen LogP contribution in [0.3, 0.4) is 0 Å². The average molecular weight is 636 g/mol. The Labute approximate surface area is 233 Å². The molecule has 0 aliphatic carbocycles. The number of halogens is 13. The molecule has 0 N–H and O–H groups in total. The van der Waals surface area contributed by atoms with Gasteiger partial charge in [-0.05, 0) is 43.4 Å². The van der Waals surface area contributed by atoms with E-state index in [0.717, 1.165) is 6.29 Å². The van der Waals surface area contributed by atoms with Crippen molar-refractivity contribution in [2.45, 2.75) is 88.5 Å². The van der Waals surface area contributed by atoms with Gasteiger partial charge >= 0.3 is 35.8 Å². The van der Waals surface area contributed by atoms with E-state index in [2.05, 4.69) is 0 Å². The summed E-state index contributed by atoms with van der Waals surface area (Å²) in [4.78, 5) is 10.6. The van der Waals surface area contributed by atoms with Gasteiger partial charge in [0, 0.05) is 12.3 Å². The van der Waals surface area contributed by atoms with Crippen LogP contribution in [0.4, 0.5) is 57.1 Å². The average Bonchev–Trinajstić information content (AvgIpc) is 2.88. The molecule has 16 heteroatoms. The van der Waals surface area contributed by atoms with E-state index >= 15 is 0 Å². The fourth-order valence-electron chi connectivity index (χ4n) is 3.22. The van der Waals surface area contributed by atoms with Crippen molar-refractivity contribution in [2.24, 2.45) is 11.8 Å². The predicted octanol–water partition coefficient (Wildman–Crippen LogP) is 8.91. The first-order valence-electron chi connectivity index (χ1n) is 12.4. The normalized spacial score (nSPS) is 16.4. The zero-order valence-electron chi connectivity index (χ0n) is 22.4. The van der Waals surface area contributed by atoms with E-state index in [0.29, 0.717) is 12.0 Å². The summed E-state index contributed by atoms with van der Waals surface area (Å²) in [6.45, 7) is 4.76. The van der Waals surface area contributed by atoms with Crippen molar-refractivity contribution >= 4 is 6.29 Å². The van der Waals surface area contributed by atoms with E-state index in [1.54, 1.807) is 6.92 Å². The van der Waals surface area contributed by atoms with E-state index in [9.17, 15) is 61.9 Å². The van der Waals surface area contributed by atoms with Crippen LogP contribution < -0.4 is 4.74 Å². The molecule has 1 aromatic rings. The molecule has 0 aromatic heterocycles. The summed E-state index contributed by atoms with van der Waals surface area (Å²) < 4.78 is 182. The smallest absolute Gasteiger partial charge is 0.460 e. The number of alkyl halides is 13. The van der Waals surface area contributed by atoms with Crippen LogP contribution in [0.2, 0.25) is 0 Å². The van der Waals surface area contributed by atoms with Crippen LogP contribution in [-0.2, 0) is 16.1 Å². The topological polar surface area (TPSA) is 35.5 Å². The molecule has 0 spiro atoms. The molecule has 0 aliphatic rings. The van der Waals surface area contributed by atoms with E-state index in [-0.39, 0.29) is 30.3 Å². The number of carbonyl (C=O) groups excluding carboxylic acids is 1. The molecule has 3 atom stereocenters. The third kappa shape index (κ3) is 8.31. The standard InChI is InChI=1S/C26H29F13O3/c1-16(14-40)6-4-7-17(2)18(3)42-15-19-8-10-20(11-9-19)41-13-5-12-21(27,28)22(29,30)23(31,32)24(33,34)25(35,36)26(37,38)39/h4,7-11,14,16-18H,5-6,12-13,15H2,1-3H3/b7-4+/t16-,17-,18+/m0/s1. The zero-order chi connectivity index (χ0) is 32.8. The van der Waals surface area contributed by atoms with Gasteiger partial charge in [-0.15, -0.1) is 0 Å². The number of aldehydes is 1. The molecule has 3 nitrogen and oxygen atoms in total. The Kier molecular flexibility index (Phi) is 12.4. The second-order valence-electron chi connectivity index (χ2n) is 9.75. The number of benzene rings is 1. The molecule has 0 unspecified atom stereocenters. The van der Waals surface area contributed by atoms with E-state index in [4.69, 9.17) is 9.47 Å². The van der Waals surface area contributed by atoms with Gasteiger partial charge in [-0.1, -0.05) is 38.1 Å². The van der Waals surface area contributed by atoms with Crippen LogP contribution in [0, 0.1) is 11.8 Å². The highest BCUT2D eigenvalue weighted by atomic mass is 19.4. The van der Waals surface area contributed by atoms with Gasteiger partial charge in [0.2, 0.25) is 0 Å². The van der Waals surface area contributed by atoms with Crippen LogP contribution in [0.1, 0.15) is 45.6 Å². The largest absolute Gasteiger partial charge is 0.494 e. The Hall–Kier alpha value is -2.52. The van der Waals surface area contributed by atoms with E-state index in [1.165, 1.54) is 24.3 Å². The number of allylic oxidation sites excluding steroid dienone is 1. The molecule has 0 radical (unpaired) electrons. The molecular formula is C26H29F13O3. The molecule has 0 bridgehead atoms. The first-order chi connectivity index (χ1) is 19.0. The minimum Gasteiger partial charge on any atom is -0.494 e. The van der Waals surface area contributed by atoms with Crippen molar-refractivity contribution in [3.8, 4) is 5.75 Å². The molecule has 0 saturated carbocycles. The van der Waals surface area contributed by atoms with Gasteiger partial charge in [0.05, 0.1) is 19.3 Å². The molecule has 0 heterocycles. The Morgan fingerprint density at radius 1 is 0.762 bits per heavy atom. The van der Waals surface area contributed by atoms with Crippen molar-refractivity contribution < 1.29 is 71.3 Å². The number of ether oxygens (including phenoxy) is 2. The summed E-state index contributed by atoms with van der Waals surface area (Å²) in [5.41, 5.74) is 0.630. The number of rotatable bonds is 17. The maximum absolute atomic E-state index is 13.8. The van der Waals surface area contributed by atoms with E-state index < -0.39 is 55.2 Å². The van der Waals surface area contributed by atoms with Crippen molar-refractivity contribution in [1.82, 2.24) is 0 Å². The highest BCUT2D eigenvalue weighted by Crippen LogP contribution is 2.60. The van der Waals surface area contributed by atoms with Crippen molar-refractivity contribution in [3.63, 3.8) is 0 Å². The fourth-order valence-corrected chi connectivity index (χ4v) is 3.22. The van der Waals surface area contributed by atoms with Crippen molar-refractivity contribution in [2.75, 3.05) is 6.61 Å². The van der Waals surface area contributed by atoms with Gasteiger partial charge in [0.1, 0.15) is 12.0 Å². The Bertz CT molecular complexity index is 1020. The van der Waals surface area contributed by atoms with Gasteiger partial charge < -0.3 is 14.3 Å². The fraction of sp³-hybridized carbons (Fsp3) is 0.654. The molecule has 242 valence electrons. The maximum atomic E-state index is 13.8. The van der Waals surface area contributed by atoms with E-state index in [1.807, 2.05) is 26.0 Å². The predicted molar refractivity (Wildman–Crippen MR) is 124 cm³/mol. The summed E-state index contributed by atoms with van der Waals surface area (Å²) in [5.74, 6) is -37.0. The Morgan fingerprint density at radius 3 is 1.79 bits per heavy atom. The van der Waals surface area contributed by atoms with Crippen molar-refractivity contribution in [3.05, 3.63) is 42.0 Å². The van der Waals surface area contributed by atoms with Gasteiger partial charge in [-0.25, -0.2) is 0 Å². The number of hydrogen-bond donors (Lipinski definition) is 0. The lowest BCUT2D eigenvalue weighted by molar-refractivity contribution is -0.440. The number of carbonyl (C=O) groups is 1. The second-order valence-corrected chi connectivity index (χ2v) is 9.75. The first kappa shape index (κ1) is 37.5. The summed E-state index contributed by atoms with van der Waals surface area (Å²) >= 11 is 0. The van der Waals surface area contributed by atoms with Gasteiger partial charge in [-0.2, -0.15) is 57.1 Å². The lowest BCUT2D eigenvalue weighted by Gasteiger charge is -2.39. The minimum atomic E-state index is -7.91. The Balaban J connectivity index is 2.70. The molecule has 0 saturated heterocycles. The molecule has 0 aliphatic heterocycles. The van der Waals surface area contributed by atoms with Crippen LogP contribution >= 0.6 is 0 Å². The quantitative estimate of drug-likeness (QED) is 0.0742. The highest BCUT2D eigenvalue weighted by molar-refractivity contribution is 5.52. The first-order valence-corrected chi connectivity index (χ1v) is 12.4. The second kappa shape index (κ2) is 13.8. The van der Waals surface area contributed by atoms with Crippen LogP contribution in [0.5, 0.6) is 5.75 Å². The van der Waals surface area contributed by atoms with Crippen LogP contribution in [0.25, 0.3) is 0 Å². The molecule has 0 fully saturated rings. The van der Waals surface area contributed by atoms with Crippen LogP contribution in [0.15, 0.2) is 36.4 Å². The minimum absolute atomic E-state index is 0.00395. The zero-order valence-corrected chi connectivity index (χ0v) is 22.4. The summed E-state index contributed by atoms with van der Waals surface area (Å²) in [7, 11) is 0. The molecule has 1 aromatic carbocycles. The van der Waals surface area contributed by atoms with Gasteiger partial charge in [0.15, 0.2) is 0 Å². The number of hydrogen-bond acceptors (Lipinski definition) is 3. The highest BCUT2D eigenvalue weighted by Gasteiger charge is 2.90. The monoisotopic (exact) mass is 636 g/mol. The summed E-state index contributed by atoms with van der Waals surface area (Å²) in [6, 6.07) is 5.60. The Morgan fingerprint density at radius 2 is 1.29 bits per heavy atom. The summed E-state index contributed by atoms with van der Waals surface area (Å²) in [6.07, 6.45) is -6.01. The molecular weight excluding hydrogens is 607 g/mol. The SMILES string of the molecule is C[C@H](C=O)C/C=C/[C@H](C)[C@@H](C)OCc1ccc(OCCCC(F)(F)C(F)(F)C(F)(F)C(F)(F)C(F)(F)C(F)(F)F)cc1. The molecule has 0 amide bonds. The van der Waals surface area contributed by atoms with Crippen LogP contribution in [-0.4, -0.2) is 54.8 Å². The molecule has 1 rings (SSSR count). The lowest BCUT2D eigenvalue weighted by Crippen LogP contribution is -2.70. The third-order valence-electron chi connectivity index (χ3n) is 6.26. The van der Waals surface area contributed by atoms with Crippen molar-refractivity contribution in [1.29, 1.82) is 0 Å². The molecule has 42 heavy (non-hydrogen) atoms. The lowest BCUT2D eigenvalue weighted by atomic mass is 9.92. The summed E-state index contributed by atoms with van der Waals surface area (Å²) in [5, 5.41) is 0. The van der Waals surface area contributed by atoms with Gasteiger partial charge in [-0.3, -0.25) is 0 Å². The maximum Gasteiger partial charge on any atom is 0.460 e. The van der Waals surface area contributed by atoms with Gasteiger partial charge in [0.25, 0.3) is 0 Å².